The third-order valence-corrected chi connectivity index (χ3v) is 6.65. The second kappa shape index (κ2) is 6.55. The van der Waals surface area contributed by atoms with Crippen molar-refractivity contribution in [1.82, 2.24) is 4.98 Å². The summed E-state index contributed by atoms with van der Waals surface area (Å²) in [6, 6.07) is 7.12. The van der Waals surface area contributed by atoms with Crippen LogP contribution in [0.5, 0.6) is 5.75 Å². The Labute approximate surface area is 162 Å². The molecule has 2 aromatic heterocycles. The molecule has 3 aromatic rings. The van der Waals surface area contributed by atoms with Crippen molar-refractivity contribution in [3.05, 3.63) is 55.1 Å². The molecule has 1 aliphatic rings. The number of aromatic nitrogens is 1. The number of amides is 1. The molecule has 1 aliphatic carbocycles. The van der Waals surface area contributed by atoms with Crippen LogP contribution in [0, 0.1) is 5.92 Å². The number of hydrogen-bond acceptors (Lipinski definition) is 4. The number of pyridine rings is 1. The number of H-pyrrole nitrogens is 1. The number of thiophene rings is 1. The smallest absolute Gasteiger partial charge is 0.265 e. The van der Waals surface area contributed by atoms with Gasteiger partial charge in [0.2, 0.25) is 0 Å². The molecule has 3 N–H and O–H groups in total. The summed E-state index contributed by atoms with van der Waals surface area (Å²) in [5.41, 5.74) is 0.781. The van der Waals surface area contributed by atoms with Crippen molar-refractivity contribution >= 4 is 49.1 Å². The number of carbonyl (C=O) groups excluding carboxylic acids is 1. The lowest BCUT2D eigenvalue weighted by Crippen LogP contribution is -2.23. The van der Waals surface area contributed by atoms with Gasteiger partial charge >= 0.3 is 0 Å². The van der Waals surface area contributed by atoms with Crippen LogP contribution in [0.3, 0.4) is 0 Å². The largest absolute Gasteiger partial charge is 0.506 e. The second-order valence-electron chi connectivity index (χ2n) is 6.67. The Bertz CT molecular complexity index is 1090. The highest BCUT2D eigenvalue weighted by Gasteiger charge is 2.27. The zero-order chi connectivity index (χ0) is 18.4. The van der Waals surface area contributed by atoms with Crippen LogP contribution in [-0.4, -0.2) is 16.0 Å². The summed E-state index contributed by atoms with van der Waals surface area (Å²) in [6.07, 6.45) is 2.83. The number of nitrogens with one attached hydrogen (secondary N) is 2. The van der Waals surface area contributed by atoms with Crippen LogP contribution in [0.15, 0.2) is 33.5 Å². The van der Waals surface area contributed by atoms with Gasteiger partial charge in [-0.05, 0) is 58.8 Å². The quantitative estimate of drug-likeness (QED) is 0.559. The Balaban J connectivity index is 1.82. The molecule has 1 atom stereocenters. The average molecular weight is 433 g/mol. The number of aromatic hydroxyl groups is 1. The van der Waals surface area contributed by atoms with E-state index in [0.29, 0.717) is 26.3 Å². The van der Waals surface area contributed by atoms with Crippen molar-refractivity contribution in [2.24, 2.45) is 5.92 Å². The van der Waals surface area contributed by atoms with E-state index in [0.717, 1.165) is 24.8 Å². The Morgan fingerprint density at radius 2 is 2.15 bits per heavy atom. The summed E-state index contributed by atoms with van der Waals surface area (Å²) in [6.45, 7) is 2.20. The van der Waals surface area contributed by atoms with Crippen molar-refractivity contribution < 1.29 is 9.90 Å². The fourth-order valence-electron chi connectivity index (χ4n) is 3.45. The van der Waals surface area contributed by atoms with E-state index in [2.05, 4.69) is 33.2 Å². The zero-order valence-corrected chi connectivity index (χ0v) is 16.5. The molecular weight excluding hydrogens is 416 g/mol. The minimum atomic E-state index is -0.623. The van der Waals surface area contributed by atoms with Gasteiger partial charge in [0.15, 0.2) is 0 Å². The van der Waals surface area contributed by atoms with Gasteiger partial charge in [-0.2, -0.15) is 0 Å². The Hall–Kier alpha value is -2.12. The van der Waals surface area contributed by atoms with E-state index >= 15 is 0 Å². The number of halogens is 1. The van der Waals surface area contributed by atoms with Crippen molar-refractivity contribution in [3.63, 3.8) is 0 Å². The predicted octanol–water partition coefficient (Wildman–Crippen LogP) is 4.43. The second-order valence-corrected chi connectivity index (χ2v) is 8.63. The van der Waals surface area contributed by atoms with E-state index in [9.17, 15) is 14.7 Å². The molecule has 0 saturated carbocycles. The van der Waals surface area contributed by atoms with Crippen LogP contribution < -0.4 is 10.9 Å². The molecule has 7 heteroatoms. The number of aryl methyl sites for hydroxylation is 1. The Morgan fingerprint density at radius 3 is 2.92 bits per heavy atom. The normalized spacial score (nSPS) is 16.5. The Morgan fingerprint density at radius 1 is 1.38 bits per heavy atom. The number of rotatable bonds is 2. The topological polar surface area (TPSA) is 82.2 Å². The molecule has 0 unspecified atom stereocenters. The van der Waals surface area contributed by atoms with Gasteiger partial charge in [0.05, 0.1) is 11.1 Å². The number of hydrogen-bond donors (Lipinski definition) is 3. The molecule has 4 rings (SSSR count). The molecule has 0 spiro atoms. The molecule has 0 radical (unpaired) electrons. The summed E-state index contributed by atoms with van der Waals surface area (Å²) in [5.74, 6) is -0.260. The first kappa shape index (κ1) is 17.3. The minimum absolute atomic E-state index is 0.222. The third-order valence-electron chi connectivity index (χ3n) is 4.79. The third kappa shape index (κ3) is 2.85. The van der Waals surface area contributed by atoms with E-state index in [4.69, 9.17) is 0 Å². The van der Waals surface area contributed by atoms with E-state index in [1.807, 2.05) is 6.07 Å². The number of para-hydroxylation sites is 1. The molecule has 0 saturated heterocycles. The van der Waals surface area contributed by atoms with Gasteiger partial charge in [-0.25, -0.2) is 0 Å². The molecule has 0 aliphatic heterocycles. The first-order valence-corrected chi connectivity index (χ1v) is 10.0. The van der Waals surface area contributed by atoms with Crippen molar-refractivity contribution in [2.75, 3.05) is 5.32 Å². The highest BCUT2D eigenvalue weighted by Crippen LogP contribution is 2.41. The maximum Gasteiger partial charge on any atom is 0.265 e. The van der Waals surface area contributed by atoms with Gasteiger partial charge in [0.25, 0.3) is 11.5 Å². The fourth-order valence-corrected chi connectivity index (χ4v) is 5.24. The van der Waals surface area contributed by atoms with Crippen LogP contribution in [0.25, 0.3) is 10.2 Å². The highest BCUT2D eigenvalue weighted by atomic mass is 79.9. The molecule has 1 amide bonds. The highest BCUT2D eigenvalue weighted by molar-refractivity contribution is 9.10. The number of benzene rings is 1. The fraction of sp³-hybridized carbons (Fsp3) is 0.263. The standard InChI is InChI=1S/C19H17BrN2O3S/c1-9-6-7-10-13(8-9)26-19-14(10)16(23)15(18(25)22-19)17(24)21-12-5-3-2-4-11(12)20/h2-5,9H,6-8H2,1H3,(H,21,24)(H2,22,23,25)/t9-/m0/s1. The van der Waals surface area contributed by atoms with Crippen LogP contribution in [0.4, 0.5) is 5.69 Å². The van der Waals surface area contributed by atoms with Crippen molar-refractivity contribution in [3.8, 4) is 5.75 Å². The van der Waals surface area contributed by atoms with E-state index in [-0.39, 0.29) is 11.3 Å². The molecule has 26 heavy (non-hydrogen) atoms. The summed E-state index contributed by atoms with van der Waals surface area (Å²) < 4.78 is 0.701. The average Bonchev–Trinajstić information content (AvgIpc) is 2.94. The molecule has 134 valence electrons. The maximum atomic E-state index is 12.7. The van der Waals surface area contributed by atoms with Crippen molar-refractivity contribution in [2.45, 2.75) is 26.2 Å². The van der Waals surface area contributed by atoms with E-state index in [1.54, 1.807) is 18.2 Å². The monoisotopic (exact) mass is 432 g/mol. The van der Waals surface area contributed by atoms with Crippen LogP contribution in [0.1, 0.15) is 34.1 Å². The molecule has 1 aromatic carbocycles. The summed E-state index contributed by atoms with van der Waals surface area (Å²) in [7, 11) is 0. The Kier molecular flexibility index (Phi) is 4.36. The van der Waals surface area contributed by atoms with Gasteiger partial charge in [0, 0.05) is 9.35 Å². The van der Waals surface area contributed by atoms with Gasteiger partial charge < -0.3 is 15.4 Å². The van der Waals surface area contributed by atoms with Crippen LogP contribution in [0.2, 0.25) is 0 Å². The molecular formula is C19H17BrN2O3S. The number of aromatic amines is 1. The summed E-state index contributed by atoms with van der Waals surface area (Å²) in [5, 5.41) is 14.1. The lowest BCUT2D eigenvalue weighted by Gasteiger charge is -2.18. The first-order valence-electron chi connectivity index (χ1n) is 8.41. The van der Waals surface area contributed by atoms with Gasteiger partial charge in [-0.1, -0.05) is 19.1 Å². The van der Waals surface area contributed by atoms with Gasteiger partial charge in [-0.3, -0.25) is 9.59 Å². The maximum absolute atomic E-state index is 12.7. The van der Waals surface area contributed by atoms with Crippen LogP contribution in [-0.2, 0) is 12.8 Å². The SMILES string of the molecule is C[C@H]1CCc2c(sc3[nH]c(=O)c(C(=O)Nc4ccccc4Br)c(O)c23)C1. The molecule has 5 nitrogen and oxygen atoms in total. The summed E-state index contributed by atoms with van der Waals surface area (Å²) in [4.78, 5) is 29.8. The predicted molar refractivity (Wildman–Crippen MR) is 107 cm³/mol. The minimum Gasteiger partial charge on any atom is -0.506 e. The molecule has 0 bridgehead atoms. The summed E-state index contributed by atoms with van der Waals surface area (Å²) >= 11 is 4.87. The van der Waals surface area contributed by atoms with E-state index < -0.39 is 11.5 Å². The number of carbonyl (C=O) groups is 1. The number of anilines is 1. The zero-order valence-electron chi connectivity index (χ0n) is 14.1. The number of fused-ring (bicyclic) bond motifs is 3. The van der Waals surface area contributed by atoms with E-state index in [1.165, 1.54) is 16.2 Å². The first-order chi connectivity index (χ1) is 12.5. The molecule has 0 fully saturated rings. The van der Waals surface area contributed by atoms with Crippen molar-refractivity contribution in [1.29, 1.82) is 0 Å². The lowest BCUT2D eigenvalue weighted by atomic mass is 9.89. The lowest BCUT2D eigenvalue weighted by molar-refractivity contribution is 0.102. The van der Waals surface area contributed by atoms with Gasteiger partial charge in [0.1, 0.15) is 16.1 Å². The van der Waals surface area contributed by atoms with Crippen LogP contribution >= 0.6 is 27.3 Å². The van der Waals surface area contributed by atoms with Gasteiger partial charge in [-0.15, -0.1) is 11.3 Å². The molecule has 2 heterocycles.